The summed E-state index contributed by atoms with van der Waals surface area (Å²) in [6.07, 6.45) is 0.883. The van der Waals surface area contributed by atoms with Gasteiger partial charge in [-0.1, -0.05) is 36.1 Å². The number of thiocarbonyl (C=S) groups is 1. The van der Waals surface area contributed by atoms with Crippen molar-refractivity contribution in [2.75, 3.05) is 13.2 Å². The Morgan fingerprint density at radius 1 is 1.40 bits per heavy atom. The molecule has 2 aliphatic heterocycles. The standard InChI is InChI=1S/C13H10FNO3S2/c14-9-3-1-2-7(12-17-4-5-18-12)8(9)6-10-11(16)15-13(19)20-10/h1-3,6,12H,4-5H2,(H,15,16,19). The van der Waals surface area contributed by atoms with Gasteiger partial charge in [0, 0.05) is 11.1 Å². The van der Waals surface area contributed by atoms with E-state index in [9.17, 15) is 9.18 Å². The summed E-state index contributed by atoms with van der Waals surface area (Å²) in [5.41, 5.74) is 0.864. The minimum Gasteiger partial charge on any atom is -0.346 e. The second-order valence-electron chi connectivity index (χ2n) is 4.17. The highest BCUT2D eigenvalue weighted by Gasteiger charge is 2.26. The van der Waals surface area contributed by atoms with Crippen LogP contribution in [-0.2, 0) is 14.3 Å². The Kier molecular flexibility index (Phi) is 3.84. The molecule has 20 heavy (non-hydrogen) atoms. The maximum atomic E-state index is 14.1. The molecule has 0 spiro atoms. The van der Waals surface area contributed by atoms with E-state index in [0.29, 0.717) is 33.6 Å². The highest BCUT2D eigenvalue weighted by atomic mass is 32.2. The van der Waals surface area contributed by atoms with Crippen molar-refractivity contribution in [1.82, 2.24) is 5.32 Å². The summed E-state index contributed by atoms with van der Waals surface area (Å²) >= 11 is 6.02. The normalized spacial score (nSPS) is 21.8. The molecule has 2 saturated heterocycles. The van der Waals surface area contributed by atoms with Gasteiger partial charge in [0.1, 0.15) is 10.1 Å². The smallest absolute Gasteiger partial charge is 0.263 e. The predicted molar refractivity (Wildman–Crippen MR) is 77.4 cm³/mol. The molecule has 0 saturated carbocycles. The van der Waals surface area contributed by atoms with E-state index in [1.807, 2.05) is 0 Å². The molecule has 0 unspecified atom stereocenters. The molecule has 1 aromatic carbocycles. The number of carbonyl (C=O) groups excluding carboxylic acids is 1. The van der Waals surface area contributed by atoms with Crippen molar-refractivity contribution in [2.24, 2.45) is 0 Å². The van der Waals surface area contributed by atoms with E-state index >= 15 is 0 Å². The fourth-order valence-electron chi connectivity index (χ4n) is 2.00. The Morgan fingerprint density at radius 2 is 2.15 bits per heavy atom. The lowest BCUT2D eigenvalue weighted by atomic mass is 10.1. The number of hydrogen-bond donors (Lipinski definition) is 1. The van der Waals surface area contributed by atoms with E-state index < -0.39 is 12.1 Å². The summed E-state index contributed by atoms with van der Waals surface area (Å²) in [6.45, 7) is 0.938. The SMILES string of the molecule is O=C1NC(=S)SC1=Cc1c(F)cccc1C1OCCO1. The molecular formula is C13H10FNO3S2. The molecule has 0 aliphatic carbocycles. The molecule has 1 amide bonds. The third kappa shape index (κ3) is 2.62. The summed E-state index contributed by atoms with van der Waals surface area (Å²) < 4.78 is 25.2. The number of benzene rings is 1. The average molecular weight is 311 g/mol. The molecule has 1 N–H and O–H groups in total. The van der Waals surface area contributed by atoms with Gasteiger partial charge in [-0.05, 0) is 12.1 Å². The van der Waals surface area contributed by atoms with Crippen LogP contribution in [0.1, 0.15) is 17.4 Å². The molecule has 2 heterocycles. The van der Waals surface area contributed by atoms with E-state index in [4.69, 9.17) is 21.7 Å². The third-order valence-corrected chi connectivity index (χ3v) is 4.04. The topological polar surface area (TPSA) is 47.6 Å². The van der Waals surface area contributed by atoms with Gasteiger partial charge in [0.2, 0.25) is 0 Å². The van der Waals surface area contributed by atoms with Crippen molar-refractivity contribution < 1.29 is 18.7 Å². The maximum Gasteiger partial charge on any atom is 0.263 e. The van der Waals surface area contributed by atoms with Crippen molar-refractivity contribution in [1.29, 1.82) is 0 Å². The number of nitrogens with one attached hydrogen (secondary N) is 1. The van der Waals surface area contributed by atoms with Crippen LogP contribution in [0.15, 0.2) is 23.1 Å². The molecule has 2 aliphatic rings. The Bertz CT molecular complexity index is 612. The van der Waals surface area contributed by atoms with Crippen LogP contribution in [0, 0.1) is 5.82 Å². The first-order valence-electron chi connectivity index (χ1n) is 5.91. The molecule has 104 valence electrons. The van der Waals surface area contributed by atoms with Gasteiger partial charge in [-0.2, -0.15) is 0 Å². The number of thioether (sulfide) groups is 1. The number of amides is 1. The van der Waals surface area contributed by atoms with Crippen molar-refractivity contribution >= 4 is 40.3 Å². The van der Waals surface area contributed by atoms with Crippen LogP contribution in [0.25, 0.3) is 6.08 Å². The highest BCUT2D eigenvalue weighted by Crippen LogP contribution is 2.32. The average Bonchev–Trinajstić information content (AvgIpc) is 3.02. The first-order chi connectivity index (χ1) is 9.65. The van der Waals surface area contributed by atoms with Crippen molar-refractivity contribution in [3.05, 3.63) is 40.0 Å². The minimum absolute atomic E-state index is 0.293. The van der Waals surface area contributed by atoms with Gasteiger partial charge in [0.05, 0.1) is 18.1 Å². The first kappa shape index (κ1) is 13.7. The van der Waals surface area contributed by atoms with E-state index in [0.717, 1.165) is 11.8 Å². The Balaban J connectivity index is 2.02. The zero-order valence-electron chi connectivity index (χ0n) is 10.2. The van der Waals surface area contributed by atoms with E-state index in [1.165, 1.54) is 12.1 Å². The summed E-state index contributed by atoms with van der Waals surface area (Å²) in [5, 5.41) is 2.50. The van der Waals surface area contributed by atoms with Crippen LogP contribution < -0.4 is 5.32 Å². The van der Waals surface area contributed by atoms with Gasteiger partial charge in [-0.25, -0.2) is 4.39 Å². The lowest BCUT2D eigenvalue weighted by Crippen LogP contribution is -2.17. The summed E-state index contributed by atoms with van der Waals surface area (Å²) in [5.74, 6) is -0.747. The Hall–Kier alpha value is -1.28. The number of rotatable bonds is 2. The summed E-state index contributed by atoms with van der Waals surface area (Å²) in [7, 11) is 0. The second kappa shape index (κ2) is 5.61. The van der Waals surface area contributed by atoms with Crippen LogP contribution in [0.3, 0.4) is 0 Å². The number of ether oxygens (including phenoxy) is 2. The van der Waals surface area contributed by atoms with E-state index in [1.54, 1.807) is 12.1 Å². The van der Waals surface area contributed by atoms with Gasteiger partial charge in [0.15, 0.2) is 6.29 Å². The molecule has 7 heteroatoms. The van der Waals surface area contributed by atoms with E-state index in [-0.39, 0.29) is 5.91 Å². The van der Waals surface area contributed by atoms with Crippen LogP contribution in [0.4, 0.5) is 4.39 Å². The van der Waals surface area contributed by atoms with Crippen molar-refractivity contribution in [2.45, 2.75) is 6.29 Å². The number of halogens is 1. The fourth-order valence-corrected chi connectivity index (χ4v) is 3.03. The quantitative estimate of drug-likeness (QED) is 0.671. The molecule has 3 rings (SSSR count). The predicted octanol–water partition coefficient (Wildman–Crippen LogP) is 2.36. The lowest BCUT2D eigenvalue weighted by Gasteiger charge is -2.13. The molecule has 0 bridgehead atoms. The Labute approximate surface area is 124 Å². The monoisotopic (exact) mass is 311 g/mol. The highest BCUT2D eigenvalue weighted by molar-refractivity contribution is 8.26. The zero-order valence-corrected chi connectivity index (χ0v) is 11.9. The molecule has 1 aromatic rings. The zero-order chi connectivity index (χ0) is 14.1. The summed E-state index contributed by atoms with van der Waals surface area (Å²) in [4.78, 5) is 12.0. The molecule has 0 atom stereocenters. The fraction of sp³-hybridized carbons (Fsp3) is 0.231. The van der Waals surface area contributed by atoms with Gasteiger partial charge in [-0.3, -0.25) is 4.79 Å². The summed E-state index contributed by atoms with van der Waals surface area (Å²) in [6, 6.07) is 4.65. The van der Waals surface area contributed by atoms with Crippen molar-refractivity contribution in [3.8, 4) is 0 Å². The van der Waals surface area contributed by atoms with Gasteiger partial charge < -0.3 is 14.8 Å². The van der Waals surface area contributed by atoms with Gasteiger partial charge >= 0.3 is 0 Å². The van der Waals surface area contributed by atoms with Crippen LogP contribution >= 0.6 is 24.0 Å². The second-order valence-corrected chi connectivity index (χ2v) is 5.89. The van der Waals surface area contributed by atoms with Crippen LogP contribution in [0.2, 0.25) is 0 Å². The minimum atomic E-state index is -0.598. The number of hydrogen-bond acceptors (Lipinski definition) is 5. The largest absolute Gasteiger partial charge is 0.346 e. The van der Waals surface area contributed by atoms with Gasteiger partial charge in [-0.15, -0.1) is 0 Å². The van der Waals surface area contributed by atoms with Crippen LogP contribution in [0.5, 0.6) is 0 Å². The maximum absolute atomic E-state index is 14.1. The molecule has 0 radical (unpaired) electrons. The van der Waals surface area contributed by atoms with Gasteiger partial charge in [0.25, 0.3) is 5.91 Å². The van der Waals surface area contributed by atoms with E-state index in [2.05, 4.69) is 5.32 Å². The Morgan fingerprint density at radius 3 is 2.80 bits per heavy atom. The molecular weight excluding hydrogens is 301 g/mol. The third-order valence-electron chi connectivity index (χ3n) is 2.88. The molecule has 2 fully saturated rings. The molecule has 0 aromatic heterocycles. The van der Waals surface area contributed by atoms with Crippen LogP contribution in [-0.4, -0.2) is 23.4 Å². The lowest BCUT2D eigenvalue weighted by molar-refractivity contribution is -0.115. The first-order valence-corrected chi connectivity index (χ1v) is 7.14. The number of carbonyl (C=O) groups is 1. The van der Waals surface area contributed by atoms with Crippen molar-refractivity contribution in [3.63, 3.8) is 0 Å². The molecule has 4 nitrogen and oxygen atoms in total.